The molecule has 0 radical (unpaired) electrons. The van der Waals surface area contributed by atoms with E-state index >= 15 is 0 Å². The van der Waals surface area contributed by atoms with Gasteiger partial charge in [-0.1, -0.05) is 0 Å². The third-order valence-electron chi connectivity index (χ3n) is 2.06. The summed E-state index contributed by atoms with van der Waals surface area (Å²) in [5.41, 5.74) is 0. The Morgan fingerprint density at radius 3 is 2.62 bits per heavy atom. The molecule has 0 aliphatic carbocycles. The Labute approximate surface area is 78.2 Å². The molecule has 0 bridgehead atoms. The van der Waals surface area contributed by atoms with Gasteiger partial charge in [0.05, 0.1) is 13.2 Å². The van der Waals surface area contributed by atoms with E-state index in [0.717, 1.165) is 0 Å². The molecule has 1 rings (SSSR count). The minimum absolute atomic E-state index is 0.0859. The Balaban J connectivity index is 2.21. The Hall–Kier alpha value is -0.450. The summed E-state index contributed by atoms with van der Waals surface area (Å²) >= 11 is 0. The minimum atomic E-state index is -0.552. The number of rotatable bonds is 5. The highest BCUT2D eigenvalue weighted by Crippen LogP contribution is 2.23. The van der Waals surface area contributed by atoms with Crippen LogP contribution >= 0.6 is 0 Å². The van der Waals surface area contributed by atoms with Crippen molar-refractivity contribution in [1.82, 2.24) is 0 Å². The Bertz CT molecular complexity index is 172. The van der Waals surface area contributed by atoms with Crippen LogP contribution in [0.5, 0.6) is 0 Å². The van der Waals surface area contributed by atoms with Crippen molar-refractivity contribution in [2.24, 2.45) is 0 Å². The monoisotopic (exact) mass is 188 g/mol. The van der Waals surface area contributed by atoms with Crippen molar-refractivity contribution < 1.29 is 19.0 Å². The molecule has 13 heavy (non-hydrogen) atoms. The van der Waals surface area contributed by atoms with Crippen LogP contribution in [-0.2, 0) is 19.0 Å². The summed E-state index contributed by atoms with van der Waals surface area (Å²) in [6, 6.07) is 0. The molecule has 1 aliphatic heterocycles. The molecule has 4 nitrogen and oxygen atoms in total. The molecule has 1 aliphatic rings. The lowest BCUT2D eigenvalue weighted by Crippen LogP contribution is -2.26. The molecule has 0 aromatic heterocycles. The molecular formula is C9H16O4. The van der Waals surface area contributed by atoms with Crippen molar-refractivity contribution in [3.8, 4) is 0 Å². The van der Waals surface area contributed by atoms with E-state index in [1.54, 1.807) is 0 Å². The van der Waals surface area contributed by atoms with Crippen LogP contribution < -0.4 is 0 Å². The quantitative estimate of drug-likeness (QED) is 0.638. The summed E-state index contributed by atoms with van der Waals surface area (Å²) in [5.74, 6) is -0.466. The Morgan fingerprint density at radius 2 is 2.08 bits per heavy atom. The first-order valence-corrected chi connectivity index (χ1v) is 4.45. The second-order valence-corrected chi connectivity index (χ2v) is 3.30. The van der Waals surface area contributed by atoms with Crippen molar-refractivity contribution >= 4 is 5.78 Å². The number of carbonyl (C=O) groups is 1. The zero-order chi connectivity index (χ0) is 9.73. The maximum absolute atomic E-state index is 11.1. The van der Waals surface area contributed by atoms with E-state index in [0.29, 0.717) is 26.1 Å². The molecule has 1 fully saturated rings. The number of hydrogen-bond acceptors (Lipinski definition) is 4. The molecule has 0 aromatic carbocycles. The molecule has 0 aromatic rings. The maximum atomic E-state index is 11.1. The number of Topliss-reactive ketones (excluding diaryl/α,β-unsaturated/α-hetero) is 1. The number of ether oxygens (including phenoxy) is 3. The summed E-state index contributed by atoms with van der Waals surface area (Å²) < 4.78 is 15.4. The van der Waals surface area contributed by atoms with Gasteiger partial charge in [0.2, 0.25) is 0 Å². The fourth-order valence-electron chi connectivity index (χ4n) is 1.30. The minimum Gasteiger partial charge on any atom is -0.377 e. The molecule has 4 heteroatoms. The first-order valence-electron chi connectivity index (χ1n) is 4.45. The van der Waals surface area contributed by atoms with E-state index in [9.17, 15) is 4.79 Å². The van der Waals surface area contributed by atoms with Crippen molar-refractivity contribution in [2.45, 2.75) is 25.6 Å². The van der Waals surface area contributed by atoms with Crippen LogP contribution in [0.4, 0.5) is 0 Å². The second kappa shape index (κ2) is 4.69. The normalized spacial score (nSPS) is 20.5. The molecule has 0 unspecified atom stereocenters. The van der Waals surface area contributed by atoms with Gasteiger partial charge in [0.1, 0.15) is 6.61 Å². The molecule has 0 saturated carbocycles. The third-order valence-corrected chi connectivity index (χ3v) is 2.06. The largest absolute Gasteiger partial charge is 0.377 e. The van der Waals surface area contributed by atoms with Crippen LogP contribution in [0, 0.1) is 0 Å². The summed E-state index contributed by atoms with van der Waals surface area (Å²) in [7, 11) is 1.52. The fourth-order valence-corrected chi connectivity index (χ4v) is 1.30. The summed E-state index contributed by atoms with van der Waals surface area (Å²) in [5, 5.41) is 0. The fraction of sp³-hybridized carbons (Fsp3) is 0.889. The van der Waals surface area contributed by atoms with Crippen molar-refractivity contribution in [2.75, 3.05) is 26.9 Å². The van der Waals surface area contributed by atoms with Crippen LogP contribution in [0.25, 0.3) is 0 Å². The lowest BCUT2D eigenvalue weighted by atomic mass is 10.1. The Morgan fingerprint density at radius 1 is 1.46 bits per heavy atom. The van der Waals surface area contributed by atoms with Gasteiger partial charge in [-0.2, -0.15) is 0 Å². The number of methoxy groups -OCH3 is 1. The predicted molar refractivity (Wildman–Crippen MR) is 46.4 cm³/mol. The predicted octanol–water partition coefficient (Wildman–Crippen LogP) is 0.745. The highest BCUT2D eigenvalue weighted by Gasteiger charge is 2.30. The van der Waals surface area contributed by atoms with Gasteiger partial charge in [0.25, 0.3) is 0 Å². The SMILES string of the molecule is COCC(=O)CCC1(C)OCCO1. The van der Waals surface area contributed by atoms with Gasteiger partial charge in [-0.15, -0.1) is 0 Å². The number of carbonyl (C=O) groups excluding carboxylic acids is 1. The van der Waals surface area contributed by atoms with Crippen molar-refractivity contribution in [3.05, 3.63) is 0 Å². The average molecular weight is 188 g/mol. The van der Waals surface area contributed by atoms with Gasteiger partial charge in [0.15, 0.2) is 11.6 Å². The lowest BCUT2D eigenvalue weighted by Gasteiger charge is -2.21. The van der Waals surface area contributed by atoms with E-state index in [1.807, 2.05) is 6.92 Å². The van der Waals surface area contributed by atoms with Gasteiger partial charge < -0.3 is 14.2 Å². The standard InChI is InChI=1S/C9H16O4/c1-9(12-5-6-13-9)4-3-8(10)7-11-2/h3-7H2,1-2H3. The Kier molecular flexibility index (Phi) is 3.84. The van der Waals surface area contributed by atoms with E-state index in [1.165, 1.54) is 7.11 Å². The molecule has 1 saturated heterocycles. The molecule has 1 heterocycles. The van der Waals surface area contributed by atoms with E-state index in [4.69, 9.17) is 14.2 Å². The lowest BCUT2D eigenvalue weighted by molar-refractivity contribution is -0.152. The zero-order valence-corrected chi connectivity index (χ0v) is 8.17. The second-order valence-electron chi connectivity index (χ2n) is 3.30. The van der Waals surface area contributed by atoms with E-state index < -0.39 is 5.79 Å². The van der Waals surface area contributed by atoms with Crippen molar-refractivity contribution in [3.63, 3.8) is 0 Å². The topological polar surface area (TPSA) is 44.8 Å². The first-order chi connectivity index (χ1) is 6.16. The highest BCUT2D eigenvalue weighted by atomic mass is 16.7. The molecule has 76 valence electrons. The van der Waals surface area contributed by atoms with Crippen molar-refractivity contribution in [1.29, 1.82) is 0 Å². The zero-order valence-electron chi connectivity index (χ0n) is 8.17. The van der Waals surface area contributed by atoms with Crippen LogP contribution in [0.3, 0.4) is 0 Å². The summed E-state index contributed by atoms with van der Waals surface area (Å²) in [6.45, 7) is 3.28. The van der Waals surface area contributed by atoms with Crippen LogP contribution in [0.2, 0.25) is 0 Å². The molecular weight excluding hydrogens is 172 g/mol. The summed E-state index contributed by atoms with van der Waals surface area (Å²) in [4.78, 5) is 11.1. The van der Waals surface area contributed by atoms with Crippen LogP contribution in [0.15, 0.2) is 0 Å². The van der Waals surface area contributed by atoms with Gasteiger partial charge in [0, 0.05) is 20.0 Å². The number of hydrogen-bond donors (Lipinski definition) is 0. The molecule has 0 spiro atoms. The smallest absolute Gasteiger partial charge is 0.166 e. The third kappa shape index (κ3) is 3.42. The first kappa shape index (κ1) is 10.6. The number of ketones is 1. The molecule has 0 amide bonds. The molecule has 0 N–H and O–H groups in total. The van der Waals surface area contributed by atoms with Gasteiger partial charge in [-0.05, 0) is 6.92 Å². The summed E-state index contributed by atoms with van der Waals surface area (Å²) in [6.07, 6.45) is 1.06. The van der Waals surface area contributed by atoms with Crippen LogP contribution in [0.1, 0.15) is 19.8 Å². The van der Waals surface area contributed by atoms with Gasteiger partial charge >= 0.3 is 0 Å². The van der Waals surface area contributed by atoms with Crippen LogP contribution in [-0.4, -0.2) is 38.5 Å². The molecule has 0 atom stereocenters. The van der Waals surface area contributed by atoms with Gasteiger partial charge in [-0.25, -0.2) is 0 Å². The van der Waals surface area contributed by atoms with Gasteiger partial charge in [-0.3, -0.25) is 4.79 Å². The highest BCUT2D eigenvalue weighted by molar-refractivity contribution is 5.79. The maximum Gasteiger partial charge on any atom is 0.166 e. The average Bonchev–Trinajstić information content (AvgIpc) is 2.51. The van der Waals surface area contributed by atoms with E-state index in [2.05, 4.69) is 0 Å². The van der Waals surface area contributed by atoms with E-state index in [-0.39, 0.29) is 12.4 Å².